The first-order valence-corrected chi connectivity index (χ1v) is 11.1. The molecule has 4 heterocycles. The predicted octanol–water partition coefficient (Wildman–Crippen LogP) is 5.04. The lowest BCUT2D eigenvalue weighted by Gasteiger charge is -2.38. The van der Waals surface area contributed by atoms with Gasteiger partial charge in [0.25, 0.3) is 5.91 Å². The lowest BCUT2D eigenvalue weighted by atomic mass is 10.0. The van der Waals surface area contributed by atoms with Crippen LogP contribution in [0, 0.1) is 0 Å². The predicted molar refractivity (Wildman–Crippen MR) is 123 cm³/mol. The van der Waals surface area contributed by atoms with E-state index in [9.17, 15) is 9.59 Å². The van der Waals surface area contributed by atoms with Gasteiger partial charge < -0.3 is 18.3 Å². The van der Waals surface area contributed by atoms with Crippen LogP contribution in [0.5, 0.6) is 0 Å². The van der Waals surface area contributed by atoms with Gasteiger partial charge in [0.1, 0.15) is 18.3 Å². The Kier molecular flexibility index (Phi) is 5.60. The van der Waals surface area contributed by atoms with Crippen molar-refractivity contribution >= 4 is 17.5 Å². The second-order valence-electron chi connectivity index (χ2n) is 8.03. The van der Waals surface area contributed by atoms with Crippen LogP contribution < -0.4 is 4.90 Å². The fraction of sp³-hybridized carbons (Fsp3) is 0.231. The minimum absolute atomic E-state index is 0.0637. The molecule has 0 radical (unpaired) electrons. The van der Waals surface area contributed by atoms with Crippen LogP contribution in [0.1, 0.15) is 47.8 Å². The number of fused-ring (bicyclic) bond motifs is 3. The van der Waals surface area contributed by atoms with Crippen molar-refractivity contribution in [3.8, 4) is 5.69 Å². The molecule has 168 valence electrons. The Morgan fingerprint density at radius 3 is 2.45 bits per heavy atom. The largest absolute Gasteiger partial charge is 0.467 e. The summed E-state index contributed by atoms with van der Waals surface area (Å²) in [6.07, 6.45) is 6.76. The second-order valence-corrected chi connectivity index (χ2v) is 8.03. The van der Waals surface area contributed by atoms with Crippen molar-refractivity contribution in [2.75, 3.05) is 18.0 Å². The maximum atomic E-state index is 13.9. The van der Waals surface area contributed by atoms with Crippen LogP contribution in [0.2, 0.25) is 0 Å². The molecule has 0 aliphatic carbocycles. The number of aromatic nitrogens is 1. The smallest absolute Gasteiger partial charge is 0.290 e. The van der Waals surface area contributed by atoms with E-state index in [0.29, 0.717) is 12.3 Å². The molecule has 0 N–H and O–H groups in total. The third-order valence-corrected chi connectivity index (χ3v) is 5.93. The molecule has 0 fully saturated rings. The zero-order chi connectivity index (χ0) is 22.8. The Bertz CT molecular complexity index is 1240. The highest BCUT2D eigenvalue weighted by Gasteiger charge is 2.38. The standard InChI is InChI=1S/C26H25N3O4/c1-2-3-14-27(26(31)23-13-8-17-33-23)18-24(30)29-20-10-5-4-9-19(20)28-15-6-11-21(28)25(29)22-12-7-16-32-22/h4-13,15-17,25H,2-3,14,18H2,1H3. The number of furan rings is 2. The lowest BCUT2D eigenvalue weighted by Crippen LogP contribution is -2.47. The lowest BCUT2D eigenvalue weighted by molar-refractivity contribution is -0.119. The first kappa shape index (κ1) is 20.9. The average molecular weight is 444 g/mol. The van der Waals surface area contributed by atoms with Gasteiger partial charge in [-0.25, -0.2) is 0 Å². The van der Waals surface area contributed by atoms with E-state index in [1.165, 1.54) is 6.26 Å². The van der Waals surface area contributed by atoms with E-state index in [1.807, 2.05) is 54.7 Å². The Labute approximate surface area is 191 Å². The maximum absolute atomic E-state index is 13.9. The van der Waals surface area contributed by atoms with E-state index in [4.69, 9.17) is 8.83 Å². The summed E-state index contributed by atoms with van der Waals surface area (Å²) in [4.78, 5) is 30.3. The molecular formula is C26H25N3O4. The van der Waals surface area contributed by atoms with Crippen molar-refractivity contribution in [2.45, 2.75) is 25.8 Å². The number of carbonyl (C=O) groups excluding carboxylic acids is 2. The van der Waals surface area contributed by atoms with Gasteiger partial charge in [-0.1, -0.05) is 25.5 Å². The average Bonchev–Trinajstić information content (AvgIpc) is 3.63. The van der Waals surface area contributed by atoms with Gasteiger partial charge in [0.05, 0.1) is 29.6 Å². The topological polar surface area (TPSA) is 71.8 Å². The molecule has 33 heavy (non-hydrogen) atoms. The van der Waals surface area contributed by atoms with Crippen molar-refractivity contribution in [1.82, 2.24) is 9.47 Å². The molecule has 1 atom stereocenters. The van der Waals surface area contributed by atoms with Crippen molar-refractivity contribution < 1.29 is 18.4 Å². The maximum Gasteiger partial charge on any atom is 0.290 e. The van der Waals surface area contributed by atoms with Crippen LogP contribution in [0.4, 0.5) is 5.69 Å². The number of hydrogen-bond acceptors (Lipinski definition) is 4. The number of anilines is 1. The Hall–Kier alpha value is -4.00. The van der Waals surface area contributed by atoms with Crippen molar-refractivity contribution in [1.29, 1.82) is 0 Å². The molecule has 7 heteroatoms. The first-order chi connectivity index (χ1) is 16.2. The first-order valence-electron chi connectivity index (χ1n) is 11.1. The Morgan fingerprint density at radius 1 is 0.939 bits per heavy atom. The monoisotopic (exact) mass is 443 g/mol. The molecule has 1 aromatic carbocycles. The fourth-order valence-corrected chi connectivity index (χ4v) is 4.37. The normalized spacial score (nSPS) is 14.6. The molecule has 7 nitrogen and oxygen atoms in total. The molecule has 1 aliphatic rings. The molecule has 0 saturated carbocycles. The molecule has 1 aliphatic heterocycles. The van der Waals surface area contributed by atoms with Crippen molar-refractivity contribution in [3.05, 3.63) is 96.6 Å². The molecule has 4 aromatic rings. The van der Waals surface area contributed by atoms with Crippen LogP contribution in [0.15, 0.2) is 88.2 Å². The van der Waals surface area contributed by atoms with E-state index in [0.717, 1.165) is 29.9 Å². The van der Waals surface area contributed by atoms with Gasteiger partial charge in [-0.15, -0.1) is 0 Å². The number of para-hydroxylation sites is 2. The highest BCUT2D eigenvalue weighted by molar-refractivity contribution is 6.02. The van der Waals surface area contributed by atoms with E-state index in [2.05, 4.69) is 11.5 Å². The molecule has 1 unspecified atom stereocenters. The van der Waals surface area contributed by atoms with Gasteiger partial charge in [0, 0.05) is 12.7 Å². The summed E-state index contributed by atoms with van der Waals surface area (Å²) in [5.41, 5.74) is 2.61. The summed E-state index contributed by atoms with van der Waals surface area (Å²) < 4.78 is 13.2. The summed E-state index contributed by atoms with van der Waals surface area (Å²) in [7, 11) is 0. The van der Waals surface area contributed by atoms with Crippen LogP contribution in [-0.2, 0) is 4.79 Å². The zero-order valence-corrected chi connectivity index (χ0v) is 18.4. The SMILES string of the molecule is CCCCN(CC(=O)N1c2ccccc2-n2cccc2C1c1ccco1)C(=O)c1ccco1. The minimum atomic E-state index is -0.441. The van der Waals surface area contributed by atoms with Crippen molar-refractivity contribution in [2.24, 2.45) is 0 Å². The van der Waals surface area contributed by atoms with Gasteiger partial charge in [-0.2, -0.15) is 0 Å². The summed E-state index contributed by atoms with van der Waals surface area (Å²) in [5, 5.41) is 0. The minimum Gasteiger partial charge on any atom is -0.467 e. The highest BCUT2D eigenvalue weighted by atomic mass is 16.3. The molecular weight excluding hydrogens is 418 g/mol. The van der Waals surface area contributed by atoms with Crippen LogP contribution in [0.3, 0.4) is 0 Å². The number of benzene rings is 1. The van der Waals surface area contributed by atoms with Crippen LogP contribution >= 0.6 is 0 Å². The second kappa shape index (κ2) is 8.86. The zero-order valence-electron chi connectivity index (χ0n) is 18.4. The number of carbonyl (C=O) groups is 2. The molecule has 0 spiro atoms. The van der Waals surface area contributed by atoms with E-state index in [-0.39, 0.29) is 24.1 Å². The number of rotatable bonds is 7. The summed E-state index contributed by atoms with van der Waals surface area (Å²) in [5.74, 6) is 0.419. The Balaban J connectivity index is 1.54. The van der Waals surface area contributed by atoms with Gasteiger partial charge in [0.2, 0.25) is 5.91 Å². The third kappa shape index (κ3) is 3.75. The van der Waals surface area contributed by atoms with E-state index in [1.54, 1.807) is 28.2 Å². The number of hydrogen-bond donors (Lipinski definition) is 0. The van der Waals surface area contributed by atoms with Gasteiger partial charge >= 0.3 is 0 Å². The van der Waals surface area contributed by atoms with Crippen LogP contribution in [0.25, 0.3) is 5.69 Å². The highest BCUT2D eigenvalue weighted by Crippen LogP contribution is 2.42. The summed E-state index contributed by atoms with van der Waals surface area (Å²) >= 11 is 0. The quantitative estimate of drug-likeness (QED) is 0.401. The fourth-order valence-electron chi connectivity index (χ4n) is 4.37. The van der Waals surface area contributed by atoms with Gasteiger partial charge in [0.15, 0.2) is 5.76 Å². The number of nitrogens with zero attached hydrogens (tertiary/aromatic N) is 3. The third-order valence-electron chi connectivity index (χ3n) is 5.93. The van der Waals surface area contributed by atoms with Gasteiger partial charge in [-0.3, -0.25) is 14.5 Å². The van der Waals surface area contributed by atoms with E-state index >= 15 is 0 Å². The van der Waals surface area contributed by atoms with E-state index < -0.39 is 6.04 Å². The number of amides is 2. The summed E-state index contributed by atoms with van der Waals surface area (Å²) in [6.45, 7) is 2.46. The Morgan fingerprint density at radius 2 is 1.73 bits per heavy atom. The molecule has 5 rings (SSSR count). The van der Waals surface area contributed by atoms with Crippen LogP contribution in [-0.4, -0.2) is 34.4 Å². The molecule has 0 bridgehead atoms. The van der Waals surface area contributed by atoms with Gasteiger partial charge in [-0.05, 0) is 55.0 Å². The van der Waals surface area contributed by atoms with Crippen molar-refractivity contribution in [3.63, 3.8) is 0 Å². The molecule has 3 aromatic heterocycles. The molecule has 2 amide bonds. The molecule has 0 saturated heterocycles. The number of unbranched alkanes of at least 4 members (excludes halogenated alkanes) is 1. The summed E-state index contributed by atoms with van der Waals surface area (Å²) in [6, 6.07) is 18.3.